The van der Waals surface area contributed by atoms with Crippen LogP contribution in [0.3, 0.4) is 0 Å². The van der Waals surface area contributed by atoms with Crippen LogP contribution < -0.4 is 4.74 Å². The van der Waals surface area contributed by atoms with E-state index < -0.39 is 11.7 Å². The molecule has 0 unspecified atom stereocenters. The fraction of sp³-hybridized carbons (Fsp3) is 0.0714. The van der Waals surface area contributed by atoms with Crippen molar-refractivity contribution in [2.24, 2.45) is 0 Å². The van der Waals surface area contributed by atoms with Crippen molar-refractivity contribution in [1.82, 2.24) is 0 Å². The van der Waals surface area contributed by atoms with Crippen molar-refractivity contribution in [2.75, 3.05) is 0 Å². The van der Waals surface area contributed by atoms with E-state index >= 15 is 0 Å². The fourth-order valence-corrected chi connectivity index (χ4v) is 3.41. The Hall–Kier alpha value is -3.99. The molecule has 1 aromatic heterocycles. The topological polar surface area (TPSA) is 22.4 Å². The Kier molecular flexibility index (Phi) is 6.22. The summed E-state index contributed by atoms with van der Waals surface area (Å²) in [6.07, 6.45) is -2.97. The maximum absolute atomic E-state index is 13.1. The Morgan fingerprint density at radius 3 is 2.45 bits per heavy atom. The summed E-state index contributed by atoms with van der Waals surface area (Å²) in [6.45, 7) is 10.3. The van der Waals surface area contributed by atoms with Gasteiger partial charge in [0.2, 0.25) is 0 Å². The van der Waals surface area contributed by atoms with Crippen LogP contribution in [0, 0.1) is 6.58 Å². The molecule has 33 heavy (non-hydrogen) atoms. The highest BCUT2D eigenvalue weighted by atomic mass is 19.4. The lowest BCUT2D eigenvalue weighted by atomic mass is 9.99. The maximum atomic E-state index is 13.1. The van der Waals surface area contributed by atoms with E-state index in [1.807, 2.05) is 48.5 Å². The summed E-state index contributed by atoms with van der Waals surface area (Å²) in [4.78, 5) is 0. The van der Waals surface area contributed by atoms with E-state index in [1.54, 1.807) is 18.2 Å². The highest BCUT2D eigenvalue weighted by molar-refractivity contribution is 5.82. The van der Waals surface area contributed by atoms with Crippen molar-refractivity contribution in [3.8, 4) is 17.1 Å². The molecule has 0 aliphatic heterocycles. The predicted octanol–water partition coefficient (Wildman–Crippen LogP) is 8.05. The van der Waals surface area contributed by atoms with E-state index in [4.69, 9.17) is 15.7 Å². The second-order valence-corrected chi connectivity index (χ2v) is 7.41. The molecule has 165 valence electrons. The number of hydrogen-bond acceptors (Lipinski definition) is 2. The molecule has 0 saturated heterocycles. The van der Waals surface area contributed by atoms with Gasteiger partial charge in [-0.25, -0.2) is 0 Å². The van der Waals surface area contributed by atoms with Gasteiger partial charge >= 0.3 is 6.18 Å². The molecule has 0 amide bonds. The van der Waals surface area contributed by atoms with Gasteiger partial charge in [0.25, 0.3) is 0 Å². The van der Waals surface area contributed by atoms with Crippen LogP contribution in [-0.4, -0.2) is 0 Å². The SMILES string of the molecule is [CH]=Cc1ccc(OCc2ccccc2)cc1C(=C)c1ccc(-c2cccc(C(F)(F)F)c2)o1. The second-order valence-electron chi connectivity index (χ2n) is 7.41. The minimum Gasteiger partial charge on any atom is -0.489 e. The molecule has 1 radical (unpaired) electrons. The largest absolute Gasteiger partial charge is 0.489 e. The first-order valence-electron chi connectivity index (χ1n) is 10.2. The fourth-order valence-electron chi connectivity index (χ4n) is 3.41. The first-order chi connectivity index (χ1) is 15.8. The van der Waals surface area contributed by atoms with Crippen LogP contribution in [0.2, 0.25) is 0 Å². The standard InChI is InChI=1S/C28H20F3O2/c1-3-21-12-13-24(32-18-20-8-5-4-6-9-20)17-25(21)19(2)26-14-15-27(33-26)22-10-7-11-23(16-22)28(29,30)31/h1,3-17H,2,18H2. The molecule has 0 fully saturated rings. The molecule has 4 rings (SSSR count). The van der Waals surface area contributed by atoms with Crippen molar-refractivity contribution >= 4 is 11.6 Å². The molecule has 0 aliphatic rings. The van der Waals surface area contributed by atoms with Gasteiger partial charge in [-0.05, 0) is 53.1 Å². The summed E-state index contributed by atoms with van der Waals surface area (Å²) in [5.74, 6) is 1.36. The Morgan fingerprint density at radius 1 is 0.939 bits per heavy atom. The van der Waals surface area contributed by atoms with E-state index in [0.717, 1.165) is 23.3 Å². The monoisotopic (exact) mass is 445 g/mol. The number of hydrogen-bond donors (Lipinski definition) is 0. The van der Waals surface area contributed by atoms with Gasteiger partial charge in [-0.3, -0.25) is 0 Å². The van der Waals surface area contributed by atoms with E-state index in [0.29, 0.717) is 40.6 Å². The van der Waals surface area contributed by atoms with E-state index in [1.165, 1.54) is 12.1 Å². The average Bonchev–Trinajstić information content (AvgIpc) is 3.33. The molecule has 0 bridgehead atoms. The molecule has 1 heterocycles. The predicted molar refractivity (Wildman–Crippen MR) is 123 cm³/mol. The third-order valence-electron chi connectivity index (χ3n) is 5.16. The quantitative estimate of drug-likeness (QED) is 0.287. The number of furan rings is 1. The lowest BCUT2D eigenvalue weighted by Crippen LogP contribution is -2.04. The molecule has 0 atom stereocenters. The molecule has 0 aliphatic carbocycles. The summed E-state index contributed by atoms with van der Waals surface area (Å²) in [7, 11) is 0. The number of halogens is 3. The zero-order chi connectivity index (χ0) is 23.4. The Bertz CT molecular complexity index is 1280. The smallest absolute Gasteiger partial charge is 0.416 e. The average molecular weight is 445 g/mol. The van der Waals surface area contributed by atoms with Crippen molar-refractivity contribution in [2.45, 2.75) is 12.8 Å². The Labute approximate surface area is 190 Å². The molecule has 0 spiro atoms. The summed E-state index contributed by atoms with van der Waals surface area (Å²) in [6, 6.07) is 23.5. The van der Waals surface area contributed by atoms with Gasteiger partial charge in [-0.15, -0.1) is 0 Å². The van der Waals surface area contributed by atoms with E-state index in [9.17, 15) is 13.2 Å². The van der Waals surface area contributed by atoms with Crippen molar-refractivity contribution < 1.29 is 22.3 Å². The molecular formula is C28H20F3O2. The number of alkyl halides is 3. The minimum absolute atomic E-state index is 0.312. The van der Waals surface area contributed by atoms with E-state index in [2.05, 4.69) is 6.58 Å². The van der Waals surface area contributed by atoms with Crippen molar-refractivity contribution in [1.29, 1.82) is 0 Å². The van der Waals surface area contributed by atoms with E-state index in [-0.39, 0.29) is 0 Å². The van der Waals surface area contributed by atoms with Crippen LogP contribution in [0.5, 0.6) is 5.75 Å². The van der Waals surface area contributed by atoms with Gasteiger partial charge in [0.15, 0.2) is 0 Å². The van der Waals surface area contributed by atoms with Crippen LogP contribution >= 0.6 is 0 Å². The first kappa shape index (κ1) is 22.2. The van der Waals surface area contributed by atoms with Gasteiger partial charge in [0.05, 0.1) is 5.56 Å². The number of ether oxygens (including phenoxy) is 1. The van der Waals surface area contributed by atoms with Crippen molar-refractivity contribution in [3.05, 3.63) is 126 Å². The number of benzene rings is 3. The molecule has 4 aromatic rings. The summed E-state index contributed by atoms with van der Waals surface area (Å²) < 4.78 is 50.9. The van der Waals surface area contributed by atoms with Crippen LogP contribution in [-0.2, 0) is 12.8 Å². The van der Waals surface area contributed by atoms with Gasteiger partial charge in [0, 0.05) is 11.1 Å². The Balaban J connectivity index is 1.59. The lowest BCUT2D eigenvalue weighted by Gasteiger charge is -2.12. The highest BCUT2D eigenvalue weighted by Gasteiger charge is 2.30. The zero-order valence-electron chi connectivity index (χ0n) is 17.6. The summed E-state index contributed by atoms with van der Waals surface area (Å²) >= 11 is 0. The van der Waals surface area contributed by atoms with Crippen LogP contribution in [0.4, 0.5) is 13.2 Å². The lowest BCUT2D eigenvalue weighted by molar-refractivity contribution is -0.137. The van der Waals surface area contributed by atoms with Crippen LogP contribution in [0.25, 0.3) is 23.0 Å². The van der Waals surface area contributed by atoms with Gasteiger partial charge in [-0.1, -0.05) is 67.8 Å². The third-order valence-corrected chi connectivity index (χ3v) is 5.16. The van der Waals surface area contributed by atoms with Crippen molar-refractivity contribution in [3.63, 3.8) is 0 Å². The van der Waals surface area contributed by atoms with Crippen LogP contribution in [0.15, 0.2) is 95.9 Å². The first-order valence-corrected chi connectivity index (χ1v) is 10.2. The number of rotatable bonds is 7. The maximum Gasteiger partial charge on any atom is 0.416 e. The third kappa shape index (κ3) is 5.09. The van der Waals surface area contributed by atoms with Crippen LogP contribution in [0.1, 0.15) is 28.0 Å². The molecule has 0 saturated carbocycles. The minimum atomic E-state index is -4.43. The van der Waals surface area contributed by atoms with Gasteiger partial charge < -0.3 is 9.15 Å². The van der Waals surface area contributed by atoms with Gasteiger partial charge in [-0.2, -0.15) is 13.2 Å². The zero-order valence-corrected chi connectivity index (χ0v) is 17.6. The molecule has 3 aromatic carbocycles. The second kappa shape index (κ2) is 9.25. The molecule has 0 N–H and O–H groups in total. The Morgan fingerprint density at radius 2 is 1.73 bits per heavy atom. The molecule has 2 nitrogen and oxygen atoms in total. The molecule has 5 heteroatoms. The highest BCUT2D eigenvalue weighted by Crippen LogP contribution is 2.35. The van der Waals surface area contributed by atoms with Gasteiger partial charge in [0.1, 0.15) is 23.9 Å². The summed E-state index contributed by atoms with van der Waals surface area (Å²) in [5.41, 5.74) is 2.59. The summed E-state index contributed by atoms with van der Waals surface area (Å²) in [5, 5.41) is 0. The molecular weight excluding hydrogens is 425 g/mol. The normalized spacial score (nSPS) is 11.2.